The zero-order valence-corrected chi connectivity index (χ0v) is 26.3. The van der Waals surface area contributed by atoms with Crippen molar-refractivity contribution in [3.63, 3.8) is 0 Å². The van der Waals surface area contributed by atoms with Gasteiger partial charge in [-0.15, -0.1) is 10.2 Å². The van der Waals surface area contributed by atoms with Crippen LogP contribution in [0, 0.1) is 17.0 Å². The number of aromatic hydroxyl groups is 1. The average molecular weight is 721 g/mol. The maximum atomic E-state index is 12.3. The molecule has 1 atom stereocenters. The molecule has 4 aromatic rings. The fraction of sp³-hybridized carbons (Fsp3) is 0.148. The van der Waals surface area contributed by atoms with Crippen LogP contribution in [-0.4, -0.2) is 76.6 Å². The highest BCUT2D eigenvalue weighted by Gasteiger charge is 2.25. The van der Waals surface area contributed by atoms with Gasteiger partial charge in [0.2, 0.25) is 0 Å². The maximum Gasteiger partial charge on any atom is 0.342 e. The lowest BCUT2D eigenvalue weighted by atomic mass is 10.1. The molecule has 22 heteroatoms. The Labute approximate surface area is 275 Å². The van der Waals surface area contributed by atoms with Gasteiger partial charge in [0.25, 0.3) is 25.9 Å². The number of fused-ring (bicyclic) bond motifs is 1. The minimum Gasteiger partial charge on any atom is -0.505 e. The van der Waals surface area contributed by atoms with Gasteiger partial charge >= 0.3 is 5.97 Å². The van der Waals surface area contributed by atoms with Crippen LogP contribution in [0.1, 0.15) is 15.9 Å². The molecule has 0 bridgehead atoms. The van der Waals surface area contributed by atoms with Crippen LogP contribution in [0.25, 0.3) is 10.8 Å². The summed E-state index contributed by atoms with van der Waals surface area (Å²) < 4.78 is 72.8. The first-order chi connectivity index (χ1) is 22.8. The molecule has 0 aromatic heterocycles. The molecule has 0 saturated heterocycles. The van der Waals surface area contributed by atoms with E-state index >= 15 is 0 Å². The van der Waals surface area contributed by atoms with Crippen molar-refractivity contribution in [3.8, 4) is 11.5 Å². The van der Waals surface area contributed by atoms with Crippen molar-refractivity contribution in [2.75, 3.05) is 18.9 Å². The normalized spacial score (nSPS) is 12.9. The molecule has 258 valence electrons. The van der Waals surface area contributed by atoms with Crippen LogP contribution in [-0.2, 0) is 20.2 Å². The van der Waals surface area contributed by atoms with Gasteiger partial charge in [0.05, 0.1) is 28.6 Å². The Morgan fingerprint density at radius 1 is 0.959 bits per heavy atom. The lowest BCUT2D eigenvalue weighted by molar-refractivity contribution is -0.385. The summed E-state index contributed by atoms with van der Waals surface area (Å²) in [6.07, 6.45) is -1.38. The number of aliphatic hydroxyl groups is 2. The molecule has 0 amide bonds. The van der Waals surface area contributed by atoms with E-state index in [1.807, 2.05) is 0 Å². The molecule has 8 N–H and O–H groups in total. The average Bonchev–Trinajstić information content (AvgIpc) is 3.01. The molecule has 4 aromatic carbocycles. The molecular formula is C27H24N6O14S2. The maximum absolute atomic E-state index is 12.3. The second-order valence-corrected chi connectivity index (χ2v) is 12.8. The standard InChI is InChI=1S/C27H24N6O14S2/c1-12-4-20(31-32-25-24(49(44,45)46)6-13-5-23(48(41,42)43)18(28)8-16(13)26(25)36)22(47-11-15(35)10-34)9-19(12)30-29-14-2-3-21(33(39)40)17(7-14)27(37)38/h2-9,15,34-36H,10-11,28H2,1H3,(H,37,38)(H,41,42,43)(H,44,45,46)/b30-29+,32-31+. The third-order valence-corrected chi connectivity index (χ3v) is 8.37. The number of nitrogen functional groups attached to an aromatic ring is 1. The molecule has 49 heavy (non-hydrogen) atoms. The number of aliphatic hydroxyl groups excluding tert-OH is 2. The highest BCUT2D eigenvalue weighted by atomic mass is 32.2. The van der Waals surface area contributed by atoms with E-state index in [4.69, 9.17) is 10.5 Å². The van der Waals surface area contributed by atoms with Gasteiger partial charge in [-0.1, -0.05) is 0 Å². The summed E-state index contributed by atoms with van der Waals surface area (Å²) >= 11 is 0. The predicted molar refractivity (Wildman–Crippen MR) is 168 cm³/mol. The summed E-state index contributed by atoms with van der Waals surface area (Å²) in [5.41, 5.74) is 3.19. The molecule has 1 unspecified atom stereocenters. The summed E-state index contributed by atoms with van der Waals surface area (Å²) in [5.74, 6) is -2.68. The number of benzene rings is 4. The molecule has 4 rings (SSSR count). The molecule has 0 spiro atoms. The van der Waals surface area contributed by atoms with Crippen molar-refractivity contribution in [2.45, 2.75) is 22.8 Å². The number of aromatic carboxylic acids is 1. The number of nitrogens with two attached hydrogens (primary N) is 1. The SMILES string of the molecule is Cc1cc(/N=N/c2c(S(=O)(=O)O)cc3cc(S(=O)(=O)O)c(N)cc3c2O)c(OCC(O)CO)cc1/N=N/c1ccc([N+](=O)[O-])c(C(=O)O)c1. The number of phenolic OH excluding ortho intramolecular Hbond substituents is 1. The van der Waals surface area contributed by atoms with Crippen molar-refractivity contribution in [1.82, 2.24) is 0 Å². The Balaban J connectivity index is 1.85. The fourth-order valence-corrected chi connectivity index (χ4v) is 5.53. The van der Waals surface area contributed by atoms with Crippen LogP contribution in [0.5, 0.6) is 11.5 Å². The van der Waals surface area contributed by atoms with E-state index in [1.165, 1.54) is 19.1 Å². The lowest BCUT2D eigenvalue weighted by Crippen LogP contribution is -2.21. The van der Waals surface area contributed by atoms with Gasteiger partial charge in [0.1, 0.15) is 45.2 Å². The Bertz CT molecular complexity index is 2290. The van der Waals surface area contributed by atoms with Crippen LogP contribution >= 0.6 is 0 Å². The van der Waals surface area contributed by atoms with E-state index in [0.29, 0.717) is 5.56 Å². The van der Waals surface area contributed by atoms with E-state index in [-0.39, 0.29) is 33.6 Å². The van der Waals surface area contributed by atoms with Crippen LogP contribution in [0.15, 0.2) is 78.8 Å². The number of azo groups is 2. The summed E-state index contributed by atoms with van der Waals surface area (Å²) in [4.78, 5) is 19.9. The van der Waals surface area contributed by atoms with E-state index in [0.717, 1.165) is 36.4 Å². The van der Waals surface area contributed by atoms with Gasteiger partial charge in [-0.05, 0) is 54.3 Å². The van der Waals surface area contributed by atoms with Crippen molar-refractivity contribution in [2.24, 2.45) is 20.5 Å². The van der Waals surface area contributed by atoms with Crippen molar-refractivity contribution < 1.29 is 60.8 Å². The topological polar surface area (TPSA) is 335 Å². The minimum absolute atomic E-state index is 0.0694. The van der Waals surface area contributed by atoms with Crippen molar-refractivity contribution in [3.05, 3.63) is 69.8 Å². The number of phenols is 1. The Morgan fingerprint density at radius 3 is 2.18 bits per heavy atom. The zero-order valence-electron chi connectivity index (χ0n) is 24.7. The second-order valence-electron chi connectivity index (χ2n) is 10.1. The Morgan fingerprint density at radius 2 is 1.59 bits per heavy atom. The Hall–Kier alpha value is -5.65. The van der Waals surface area contributed by atoms with Crippen molar-refractivity contribution in [1.29, 1.82) is 0 Å². The van der Waals surface area contributed by atoms with Crippen LogP contribution in [0.3, 0.4) is 0 Å². The minimum atomic E-state index is -5.16. The Kier molecular flexibility index (Phi) is 10.2. The largest absolute Gasteiger partial charge is 0.505 e. The molecular weight excluding hydrogens is 696 g/mol. The number of ether oxygens (including phenoxy) is 1. The van der Waals surface area contributed by atoms with Crippen LogP contribution < -0.4 is 10.5 Å². The summed E-state index contributed by atoms with van der Waals surface area (Å²) in [7, 11) is -10.0. The number of nitro groups is 1. The van der Waals surface area contributed by atoms with E-state index in [2.05, 4.69) is 20.5 Å². The number of carbonyl (C=O) groups is 1. The highest BCUT2D eigenvalue weighted by molar-refractivity contribution is 7.86. The summed E-state index contributed by atoms with van der Waals surface area (Å²) in [6, 6.07) is 7.97. The molecule has 0 aliphatic carbocycles. The lowest BCUT2D eigenvalue weighted by Gasteiger charge is -2.14. The quantitative estimate of drug-likeness (QED) is 0.0356. The number of nitro benzene ring substituents is 1. The van der Waals surface area contributed by atoms with E-state index in [1.54, 1.807) is 0 Å². The number of nitrogens with zero attached hydrogens (tertiary/aromatic N) is 5. The van der Waals surface area contributed by atoms with Gasteiger partial charge in [0, 0.05) is 17.5 Å². The number of carboxylic acid groups (broad SMARTS) is 1. The van der Waals surface area contributed by atoms with Crippen LogP contribution in [0.4, 0.5) is 34.1 Å². The van der Waals surface area contributed by atoms with Gasteiger partial charge in [0.15, 0.2) is 5.75 Å². The number of aryl methyl sites for hydroxylation is 1. The molecule has 0 aliphatic rings. The predicted octanol–water partition coefficient (Wildman–Crippen LogP) is 4.10. The first kappa shape index (κ1) is 36.2. The van der Waals surface area contributed by atoms with Gasteiger partial charge in [-0.3, -0.25) is 19.2 Å². The number of carboxylic acids is 1. The van der Waals surface area contributed by atoms with E-state index in [9.17, 15) is 61.3 Å². The number of anilines is 1. The van der Waals surface area contributed by atoms with Gasteiger partial charge in [-0.2, -0.15) is 27.1 Å². The summed E-state index contributed by atoms with van der Waals surface area (Å²) in [5, 5.41) is 65.6. The highest BCUT2D eigenvalue weighted by Crippen LogP contribution is 2.44. The number of hydrogen-bond acceptors (Lipinski definition) is 16. The first-order valence-electron chi connectivity index (χ1n) is 13.3. The smallest absolute Gasteiger partial charge is 0.342 e. The van der Waals surface area contributed by atoms with Gasteiger partial charge < -0.3 is 30.9 Å². The number of hydrogen-bond donors (Lipinski definition) is 7. The molecule has 0 aliphatic heterocycles. The molecule has 0 radical (unpaired) electrons. The number of rotatable bonds is 12. The van der Waals surface area contributed by atoms with Crippen LogP contribution in [0.2, 0.25) is 0 Å². The molecule has 0 saturated carbocycles. The summed E-state index contributed by atoms with van der Waals surface area (Å²) in [6.45, 7) is 0.299. The molecule has 20 nitrogen and oxygen atoms in total. The second kappa shape index (κ2) is 13.8. The third kappa shape index (κ3) is 8.08. The molecule has 0 heterocycles. The third-order valence-electron chi connectivity index (χ3n) is 6.59. The monoisotopic (exact) mass is 720 g/mol. The van der Waals surface area contributed by atoms with Gasteiger partial charge in [-0.25, -0.2) is 4.79 Å². The van der Waals surface area contributed by atoms with Crippen molar-refractivity contribution >= 4 is 71.1 Å². The fourth-order valence-electron chi connectivity index (χ4n) is 4.24. The first-order valence-corrected chi connectivity index (χ1v) is 16.2. The molecule has 0 fully saturated rings. The van der Waals surface area contributed by atoms with E-state index < -0.39 is 88.6 Å². The zero-order chi connectivity index (χ0) is 36.4.